The van der Waals surface area contributed by atoms with Crippen molar-refractivity contribution in [3.63, 3.8) is 0 Å². The molecule has 0 unspecified atom stereocenters. The maximum atomic E-state index is 13.4. The molecule has 0 fully saturated rings. The number of amides is 1. The quantitative estimate of drug-likeness (QED) is 0.939. The lowest BCUT2D eigenvalue weighted by molar-refractivity contribution is 0.0941. The van der Waals surface area contributed by atoms with E-state index in [1.807, 2.05) is 27.7 Å². The van der Waals surface area contributed by atoms with E-state index < -0.39 is 0 Å². The molecular formula is C16H20FN3O. The summed E-state index contributed by atoms with van der Waals surface area (Å²) in [4.78, 5) is 12.3. The Balaban J connectivity index is 2.49. The highest BCUT2D eigenvalue weighted by Gasteiger charge is 2.21. The average Bonchev–Trinajstić information content (AvgIpc) is 2.82. The van der Waals surface area contributed by atoms with E-state index in [0.717, 1.165) is 5.69 Å². The SMILES string of the molecule is CC(C)NC(=O)c1cnn(-c2cccc(F)c2)c1C(C)C. The molecule has 2 rings (SSSR count). The third-order valence-electron chi connectivity index (χ3n) is 3.07. The number of rotatable bonds is 4. The lowest BCUT2D eigenvalue weighted by Gasteiger charge is -2.14. The molecule has 4 nitrogen and oxygen atoms in total. The number of carbonyl (C=O) groups is 1. The van der Waals surface area contributed by atoms with Crippen LogP contribution in [0.2, 0.25) is 0 Å². The van der Waals surface area contributed by atoms with Crippen LogP contribution in [0, 0.1) is 5.82 Å². The summed E-state index contributed by atoms with van der Waals surface area (Å²) in [5.41, 5.74) is 1.92. The van der Waals surface area contributed by atoms with E-state index >= 15 is 0 Å². The van der Waals surface area contributed by atoms with Gasteiger partial charge < -0.3 is 5.32 Å². The second-order valence-electron chi connectivity index (χ2n) is 5.62. The second kappa shape index (κ2) is 6.08. The first-order valence-electron chi connectivity index (χ1n) is 7.05. The van der Waals surface area contributed by atoms with Gasteiger partial charge in [-0.25, -0.2) is 9.07 Å². The lowest BCUT2D eigenvalue weighted by atomic mass is 10.0. The fourth-order valence-corrected chi connectivity index (χ4v) is 2.24. The van der Waals surface area contributed by atoms with E-state index in [1.54, 1.807) is 16.8 Å². The highest BCUT2D eigenvalue weighted by Crippen LogP contribution is 2.23. The van der Waals surface area contributed by atoms with Gasteiger partial charge in [0.15, 0.2) is 0 Å². The molecule has 1 amide bonds. The van der Waals surface area contributed by atoms with Gasteiger partial charge in [0, 0.05) is 6.04 Å². The number of carbonyl (C=O) groups excluding carboxylic acids is 1. The molecule has 0 spiro atoms. The van der Waals surface area contributed by atoms with Crippen molar-refractivity contribution in [1.82, 2.24) is 15.1 Å². The molecule has 0 aliphatic carbocycles. The van der Waals surface area contributed by atoms with Gasteiger partial charge in [0.1, 0.15) is 5.82 Å². The largest absolute Gasteiger partial charge is 0.350 e. The van der Waals surface area contributed by atoms with Gasteiger partial charge in [0.05, 0.1) is 23.1 Å². The van der Waals surface area contributed by atoms with E-state index in [4.69, 9.17) is 0 Å². The average molecular weight is 289 g/mol. The van der Waals surface area contributed by atoms with Crippen molar-refractivity contribution in [2.75, 3.05) is 0 Å². The number of aromatic nitrogens is 2. The van der Waals surface area contributed by atoms with Gasteiger partial charge in [0.25, 0.3) is 5.91 Å². The lowest BCUT2D eigenvalue weighted by Crippen LogP contribution is -2.30. The van der Waals surface area contributed by atoms with Crippen molar-refractivity contribution < 1.29 is 9.18 Å². The summed E-state index contributed by atoms with van der Waals surface area (Å²) in [6.45, 7) is 7.78. The molecular weight excluding hydrogens is 269 g/mol. The molecule has 1 aromatic carbocycles. The number of halogens is 1. The fourth-order valence-electron chi connectivity index (χ4n) is 2.24. The van der Waals surface area contributed by atoms with E-state index in [9.17, 15) is 9.18 Å². The molecule has 0 saturated heterocycles. The standard InChI is InChI=1S/C16H20FN3O/c1-10(2)15-14(16(21)19-11(3)4)9-18-20(15)13-7-5-6-12(17)8-13/h5-11H,1-4H3,(H,19,21). The van der Waals surface area contributed by atoms with E-state index in [1.165, 1.54) is 18.3 Å². The minimum absolute atomic E-state index is 0.0510. The van der Waals surface area contributed by atoms with E-state index in [-0.39, 0.29) is 23.7 Å². The maximum absolute atomic E-state index is 13.4. The maximum Gasteiger partial charge on any atom is 0.254 e. The van der Waals surface area contributed by atoms with Crippen molar-refractivity contribution in [1.29, 1.82) is 0 Å². The molecule has 2 aromatic rings. The third-order valence-corrected chi connectivity index (χ3v) is 3.07. The van der Waals surface area contributed by atoms with Crippen LogP contribution in [0.4, 0.5) is 4.39 Å². The molecule has 1 N–H and O–H groups in total. The van der Waals surface area contributed by atoms with Crippen molar-refractivity contribution in [2.24, 2.45) is 0 Å². The molecule has 5 heteroatoms. The summed E-state index contributed by atoms with van der Waals surface area (Å²) in [6, 6.07) is 6.24. The Labute approximate surface area is 124 Å². The van der Waals surface area contributed by atoms with Gasteiger partial charge in [-0.1, -0.05) is 19.9 Å². The Morgan fingerprint density at radius 3 is 2.57 bits per heavy atom. The number of hydrogen-bond acceptors (Lipinski definition) is 2. The van der Waals surface area contributed by atoms with Gasteiger partial charge in [-0.05, 0) is 38.0 Å². The zero-order valence-corrected chi connectivity index (χ0v) is 12.7. The Bertz CT molecular complexity index is 647. The smallest absolute Gasteiger partial charge is 0.254 e. The molecule has 0 aliphatic heterocycles. The third kappa shape index (κ3) is 3.29. The fraction of sp³-hybridized carbons (Fsp3) is 0.375. The molecule has 0 aliphatic rings. The molecule has 0 atom stereocenters. The van der Waals surface area contributed by atoms with Crippen LogP contribution >= 0.6 is 0 Å². The zero-order chi connectivity index (χ0) is 15.6. The van der Waals surface area contributed by atoms with Crippen LogP contribution < -0.4 is 5.32 Å². The first-order chi connectivity index (χ1) is 9.90. The minimum Gasteiger partial charge on any atom is -0.350 e. The van der Waals surface area contributed by atoms with Crippen LogP contribution in [-0.4, -0.2) is 21.7 Å². The number of hydrogen-bond donors (Lipinski definition) is 1. The van der Waals surface area contributed by atoms with Crippen molar-refractivity contribution in [3.8, 4) is 5.69 Å². The molecule has 112 valence electrons. The van der Waals surface area contributed by atoms with Crippen LogP contribution in [0.1, 0.15) is 49.7 Å². The van der Waals surface area contributed by atoms with Crippen LogP contribution in [-0.2, 0) is 0 Å². The summed E-state index contributed by atoms with van der Waals surface area (Å²) >= 11 is 0. The summed E-state index contributed by atoms with van der Waals surface area (Å²) in [7, 11) is 0. The summed E-state index contributed by atoms with van der Waals surface area (Å²) in [5, 5.41) is 7.13. The number of nitrogens with one attached hydrogen (secondary N) is 1. The molecule has 1 aromatic heterocycles. The Kier molecular flexibility index (Phi) is 4.40. The van der Waals surface area contributed by atoms with Crippen LogP contribution in [0.25, 0.3) is 5.69 Å². The highest BCUT2D eigenvalue weighted by atomic mass is 19.1. The monoisotopic (exact) mass is 289 g/mol. The molecule has 21 heavy (non-hydrogen) atoms. The van der Waals surface area contributed by atoms with Crippen LogP contribution in [0.3, 0.4) is 0 Å². The first kappa shape index (κ1) is 15.2. The van der Waals surface area contributed by atoms with Crippen LogP contribution in [0.5, 0.6) is 0 Å². The minimum atomic E-state index is -0.328. The molecule has 0 bridgehead atoms. The number of benzene rings is 1. The first-order valence-corrected chi connectivity index (χ1v) is 7.05. The van der Waals surface area contributed by atoms with Gasteiger partial charge in [-0.3, -0.25) is 4.79 Å². The van der Waals surface area contributed by atoms with Gasteiger partial charge >= 0.3 is 0 Å². The van der Waals surface area contributed by atoms with Crippen molar-refractivity contribution in [3.05, 3.63) is 47.5 Å². The van der Waals surface area contributed by atoms with Crippen LogP contribution in [0.15, 0.2) is 30.5 Å². The van der Waals surface area contributed by atoms with Crippen molar-refractivity contribution in [2.45, 2.75) is 39.7 Å². The zero-order valence-electron chi connectivity index (χ0n) is 12.7. The van der Waals surface area contributed by atoms with E-state index in [2.05, 4.69) is 10.4 Å². The van der Waals surface area contributed by atoms with Gasteiger partial charge in [-0.15, -0.1) is 0 Å². The predicted molar refractivity (Wildman–Crippen MR) is 80.2 cm³/mol. The van der Waals surface area contributed by atoms with Gasteiger partial charge in [-0.2, -0.15) is 5.10 Å². The highest BCUT2D eigenvalue weighted by molar-refractivity contribution is 5.95. The second-order valence-corrected chi connectivity index (χ2v) is 5.62. The van der Waals surface area contributed by atoms with Crippen molar-refractivity contribution >= 4 is 5.91 Å². The Morgan fingerprint density at radius 1 is 1.29 bits per heavy atom. The van der Waals surface area contributed by atoms with E-state index in [0.29, 0.717) is 11.3 Å². The number of nitrogens with zero attached hydrogens (tertiary/aromatic N) is 2. The van der Waals surface area contributed by atoms with Gasteiger partial charge in [0.2, 0.25) is 0 Å². The topological polar surface area (TPSA) is 46.9 Å². The molecule has 0 saturated carbocycles. The molecule has 1 heterocycles. The normalized spacial score (nSPS) is 11.2. The summed E-state index contributed by atoms with van der Waals surface area (Å²) in [5.74, 6) is -0.397. The summed E-state index contributed by atoms with van der Waals surface area (Å²) in [6.07, 6.45) is 1.54. The molecule has 0 radical (unpaired) electrons. The summed E-state index contributed by atoms with van der Waals surface area (Å²) < 4.78 is 15.0. The predicted octanol–water partition coefficient (Wildman–Crippen LogP) is 3.27. The Hall–Kier alpha value is -2.17. The Morgan fingerprint density at radius 2 is 2.00 bits per heavy atom.